The molecule has 0 amide bonds. The second kappa shape index (κ2) is 11.0. The summed E-state index contributed by atoms with van der Waals surface area (Å²) in [4.78, 5) is 10.4. The Hall–Kier alpha value is 1.02. The van der Waals surface area contributed by atoms with Gasteiger partial charge >= 0.3 is 58.2 Å². The van der Waals surface area contributed by atoms with Crippen LogP contribution < -0.4 is 58.2 Å². The topological polar surface area (TPSA) is 26.3 Å². The van der Waals surface area contributed by atoms with E-state index in [-0.39, 0.29) is 58.2 Å². The Morgan fingerprint density at radius 1 is 1.55 bits per heavy atom. The molecule has 0 aliphatic carbocycles. The van der Waals surface area contributed by atoms with Gasteiger partial charge < -0.3 is 10.8 Å². The number of esters is 1. The molecule has 0 heterocycles. The number of carbonyl (C=O) groups is 1. The van der Waals surface area contributed by atoms with Crippen LogP contribution in [0.15, 0.2) is 6.58 Å². The maximum absolute atomic E-state index is 10.4. The third kappa shape index (κ3) is 11.0. The van der Waals surface area contributed by atoms with E-state index in [1.54, 1.807) is 0 Å². The largest absolute Gasteiger partial charge is 1.00 e. The van der Waals surface area contributed by atoms with Crippen LogP contribution in [0.25, 0.3) is 0 Å². The normalized spacial score (nSPS) is 8.09. The quantitative estimate of drug-likeness (QED) is 0.253. The Labute approximate surface area is 117 Å². The molecule has 0 unspecified atom stereocenters. The number of hydrogen-bond donors (Lipinski definition) is 0. The fourth-order valence-electron chi connectivity index (χ4n) is 0.568. The Morgan fingerprint density at radius 2 is 2.18 bits per heavy atom. The fourth-order valence-corrected chi connectivity index (χ4v) is 0.568. The van der Waals surface area contributed by atoms with Crippen molar-refractivity contribution in [2.75, 3.05) is 6.61 Å². The van der Waals surface area contributed by atoms with Crippen molar-refractivity contribution in [2.24, 2.45) is 0 Å². The fraction of sp³-hybridized carbons (Fsp3) is 0.625. The van der Waals surface area contributed by atoms with Crippen LogP contribution in [-0.4, -0.2) is 12.6 Å². The first-order valence-corrected chi connectivity index (χ1v) is 3.51. The van der Waals surface area contributed by atoms with Gasteiger partial charge in [0.25, 0.3) is 0 Å². The third-order valence-electron chi connectivity index (χ3n) is 1.13. The average Bonchev–Trinajstić information content (AvgIpc) is 1.98. The minimum Gasteiger partial charge on any atom is -0.490 e. The van der Waals surface area contributed by atoms with Gasteiger partial charge in [-0.3, -0.25) is 11.4 Å². The van der Waals surface area contributed by atoms with Gasteiger partial charge in [0, 0.05) is 0 Å². The van der Waals surface area contributed by atoms with Gasteiger partial charge in [0.15, 0.2) is 0 Å². The van der Waals surface area contributed by atoms with E-state index in [0.29, 0.717) is 6.61 Å². The molecule has 0 spiro atoms. The van der Waals surface area contributed by atoms with Crippen LogP contribution in [0.1, 0.15) is 26.2 Å². The van der Waals surface area contributed by atoms with Crippen molar-refractivity contribution in [3.8, 4) is 0 Å². The Kier molecular flexibility index (Phi) is 14.6. The molecule has 0 bridgehead atoms. The number of rotatable bonds is 5. The number of carbonyl (C=O) groups excluding carboxylic acids is 1. The zero-order chi connectivity index (χ0) is 7.82. The Balaban J connectivity index is 0. The SMILES string of the molecule is C=[C-]C(=O)OCCCCC.[Rb+]. The average molecular weight is 227 g/mol. The van der Waals surface area contributed by atoms with Crippen molar-refractivity contribution >= 4 is 5.97 Å². The van der Waals surface area contributed by atoms with Crippen molar-refractivity contribution in [1.82, 2.24) is 0 Å². The molecule has 0 rings (SSSR count). The first-order chi connectivity index (χ1) is 4.81. The molecule has 0 aliphatic rings. The number of hydrogen-bond acceptors (Lipinski definition) is 2. The molecule has 0 N–H and O–H groups in total. The van der Waals surface area contributed by atoms with Crippen LogP contribution in [0, 0.1) is 6.08 Å². The van der Waals surface area contributed by atoms with Crippen LogP contribution in [0.5, 0.6) is 0 Å². The van der Waals surface area contributed by atoms with Crippen molar-refractivity contribution in [3.63, 3.8) is 0 Å². The molecule has 3 heteroatoms. The van der Waals surface area contributed by atoms with Gasteiger partial charge in [-0.15, -0.1) is 0 Å². The Bertz CT molecular complexity index is 113. The van der Waals surface area contributed by atoms with Crippen LogP contribution >= 0.6 is 0 Å². The molecule has 0 aliphatic heterocycles. The molecule has 2 nitrogen and oxygen atoms in total. The molecular formula is C8H13O2Rb. The van der Waals surface area contributed by atoms with Crippen LogP contribution in [-0.2, 0) is 9.53 Å². The van der Waals surface area contributed by atoms with Crippen LogP contribution in [0.3, 0.4) is 0 Å². The van der Waals surface area contributed by atoms with Gasteiger partial charge in [0.1, 0.15) is 5.97 Å². The van der Waals surface area contributed by atoms with Crippen molar-refractivity contribution in [1.29, 1.82) is 0 Å². The van der Waals surface area contributed by atoms with Gasteiger partial charge in [-0.2, -0.15) is 0 Å². The van der Waals surface area contributed by atoms with E-state index in [4.69, 9.17) is 0 Å². The predicted molar refractivity (Wildman–Crippen MR) is 39.4 cm³/mol. The maximum atomic E-state index is 10.4. The smallest absolute Gasteiger partial charge is 0.490 e. The molecule has 0 saturated heterocycles. The van der Waals surface area contributed by atoms with Gasteiger partial charge in [0.2, 0.25) is 0 Å². The molecule has 0 aromatic heterocycles. The molecule has 0 fully saturated rings. The van der Waals surface area contributed by atoms with Crippen LogP contribution in [0.2, 0.25) is 0 Å². The summed E-state index contributed by atoms with van der Waals surface area (Å²) in [5.41, 5.74) is 0. The standard InChI is InChI=1S/C8H13O2.Rb/c1-3-5-6-7-10-8(9)4-2;/h2-3,5-7H2,1H3;/q-1;+1. The summed E-state index contributed by atoms with van der Waals surface area (Å²) < 4.78 is 4.68. The molecule has 0 aromatic carbocycles. The van der Waals surface area contributed by atoms with Gasteiger partial charge in [-0.05, 0) is 6.42 Å². The first kappa shape index (κ1) is 14.5. The zero-order valence-electron chi connectivity index (χ0n) is 7.35. The molecule has 11 heavy (non-hydrogen) atoms. The second-order valence-electron chi connectivity index (χ2n) is 2.02. The summed E-state index contributed by atoms with van der Waals surface area (Å²) in [5, 5.41) is 0. The maximum Gasteiger partial charge on any atom is 1.00 e. The summed E-state index contributed by atoms with van der Waals surface area (Å²) in [7, 11) is 0. The van der Waals surface area contributed by atoms with E-state index < -0.39 is 5.97 Å². The summed E-state index contributed by atoms with van der Waals surface area (Å²) in [6, 6.07) is 0. The molecule has 0 aromatic rings. The summed E-state index contributed by atoms with van der Waals surface area (Å²) in [6.45, 7) is 5.75. The number of unbranched alkanes of at least 4 members (excludes halogenated alkanes) is 2. The second-order valence-corrected chi connectivity index (χ2v) is 2.02. The molecule has 0 radical (unpaired) electrons. The summed E-state index contributed by atoms with van der Waals surface area (Å²) in [6.07, 6.45) is 5.30. The van der Waals surface area contributed by atoms with Crippen molar-refractivity contribution < 1.29 is 67.7 Å². The van der Waals surface area contributed by atoms with E-state index in [9.17, 15) is 4.79 Å². The van der Waals surface area contributed by atoms with Crippen LogP contribution in [0.4, 0.5) is 0 Å². The van der Waals surface area contributed by atoms with E-state index in [2.05, 4.69) is 24.3 Å². The van der Waals surface area contributed by atoms with Crippen molar-refractivity contribution in [3.05, 3.63) is 12.7 Å². The van der Waals surface area contributed by atoms with Crippen molar-refractivity contribution in [2.45, 2.75) is 26.2 Å². The monoisotopic (exact) mass is 226 g/mol. The first-order valence-electron chi connectivity index (χ1n) is 3.51. The Morgan fingerprint density at radius 3 is 2.64 bits per heavy atom. The third-order valence-corrected chi connectivity index (χ3v) is 1.13. The molecular weight excluding hydrogens is 214 g/mol. The number of ether oxygens (including phenoxy) is 1. The molecule has 58 valence electrons. The zero-order valence-corrected chi connectivity index (χ0v) is 12.3. The predicted octanol–water partition coefficient (Wildman–Crippen LogP) is -1.29. The van der Waals surface area contributed by atoms with Gasteiger partial charge in [0.05, 0.1) is 6.61 Å². The minimum absolute atomic E-state index is 0. The van der Waals surface area contributed by atoms with E-state index in [1.165, 1.54) is 0 Å². The van der Waals surface area contributed by atoms with Gasteiger partial charge in [-0.25, -0.2) is 0 Å². The van der Waals surface area contributed by atoms with E-state index in [1.807, 2.05) is 0 Å². The van der Waals surface area contributed by atoms with Gasteiger partial charge in [-0.1, -0.05) is 19.8 Å². The molecule has 0 atom stereocenters. The summed E-state index contributed by atoms with van der Waals surface area (Å²) in [5.74, 6) is -0.448. The minimum atomic E-state index is -0.448. The summed E-state index contributed by atoms with van der Waals surface area (Å²) >= 11 is 0. The van der Waals surface area contributed by atoms with E-state index >= 15 is 0 Å². The molecule has 0 saturated carbocycles. The van der Waals surface area contributed by atoms with E-state index in [0.717, 1.165) is 19.3 Å².